The van der Waals surface area contributed by atoms with Crippen molar-refractivity contribution in [3.05, 3.63) is 29.6 Å². The Morgan fingerprint density at radius 1 is 1.41 bits per heavy atom. The maximum absolute atomic E-state index is 13.7. The summed E-state index contributed by atoms with van der Waals surface area (Å²) in [6.45, 7) is 5.49. The normalized spacial score (nSPS) is 15.3. The van der Waals surface area contributed by atoms with Crippen LogP contribution in [0.25, 0.3) is 0 Å². The number of rotatable bonds is 6. The van der Waals surface area contributed by atoms with Crippen molar-refractivity contribution in [2.24, 2.45) is 5.92 Å². The highest BCUT2D eigenvalue weighted by atomic mass is 19.1. The molecular formula is C14H20FNO. The van der Waals surface area contributed by atoms with Crippen LogP contribution in [0.15, 0.2) is 18.2 Å². The van der Waals surface area contributed by atoms with E-state index < -0.39 is 0 Å². The Labute approximate surface area is 102 Å². The minimum absolute atomic E-state index is 0.256. The molecule has 2 nitrogen and oxygen atoms in total. The Kier molecular flexibility index (Phi) is 4.00. The van der Waals surface area contributed by atoms with Crippen LogP contribution in [0, 0.1) is 11.7 Å². The van der Waals surface area contributed by atoms with E-state index in [4.69, 9.17) is 4.74 Å². The lowest BCUT2D eigenvalue weighted by molar-refractivity contribution is 0.285. The van der Waals surface area contributed by atoms with E-state index in [1.165, 1.54) is 12.8 Å². The summed E-state index contributed by atoms with van der Waals surface area (Å²) in [4.78, 5) is 0. The molecule has 0 aliphatic heterocycles. The van der Waals surface area contributed by atoms with Gasteiger partial charge >= 0.3 is 0 Å². The lowest BCUT2D eigenvalue weighted by Gasteiger charge is -2.10. The van der Waals surface area contributed by atoms with Gasteiger partial charge in [-0.15, -0.1) is 0 Å². The van der Waals surface area contributed by atoms with Crippen molar-refractivity contribution in [1.29, 1.82) is 0 Å². The van der Waals surface area contributed by atoms with Crippen molar-refractivity contribution in [3.8, 4) is 5.75 Å². The highest BCUT2D eigenvalue weighted by molar-refractivity contribution is 5.29. The molecule has 1 N–H and O–H groups in total. The molecule has 94 valence electrons. The Bertz CT molecular complexity index is 374. The first-order valence-corrected chi connectivity index (χ1v) is 6.30. The molecule has 1 aromatic rings. The maximum atomic E-state index is 13.7. The van der Waals surface area contributed by atoms with Crippen molar-refractivity contribution in [3.63, 3.8) is 0 Å². The van der Waals surface area contributed by atoms with E-state index in [2.05, 4.69) is 19.2 Å². The minimum Gasteiger partial charge on any atom is -0.490 e. The second-order valence-electron chi connectivity index (χ2n) is 5.05. The van der Waals surface area contributed by atoms with Gasteiger partial charge in [0.25, 0.3) is 0 Å². The van der Waals surface area contributed by atoms with Gasteiger partial charge in [0.05, 0.1) is 6.61 Å². The van der Waals surface area contributed by atoms with E-state index in [1.54, 1.807) is 12.1 Å². The molecule has 17 heavy (non-hydrogen) atoms. The number of benzene rings is 1. The van der Waals surface area contributed by atoms with E-state index in [0.29, 0.717) is 30.9 Å². The first-order chi connectivity index (χ1) is 8.15. The molecule has 0 bridgehead atoms. The average Bonchev–Trinajstić information content (AvgIpc) is 3.09. The van der Waals surface area contributed by atoms with Gasteiger partial charge in [-0.05, 0) is 36.5 Å². The van der Waals surface area contributed by atoms with Crippen molar-refractivity contribution in [1.82, 2.24) is 5.32 Å². The van der Waals surface area contributed by atoms with Crippen LogP contribution in [0.1, 0.15) is 32.3 Å². The molecular weight excluding hydrogens is 217 g/mol. The summed E-state index contributed by atoms with van der Waals surface area (Å²) in [6, 6.07) is 5.61. The van der Waals surface area contributed by atoms with Crippen molar-refractivity contribution >= 4 is 0 Å². The number of ether oxygens (including phenoxy) is 1. The molecule has 0 radical (unpaired) electrons. The second kappa shape index (κ2) is 5.50. The first kappa shape index (κ1) is 12.4. The molecule has 1 aliphatic carbocycles. The van der Waals surface area contributed by atoms with Crippen LogP contribution < -0.4 is 10.1 Å². The molecule has 0 aromatic heterocycles. The number of nitrogens with one attached hydrogen (secondary N) is 1. The van der Waals surface area contributed by atoms with Crippen molar-refractivity contribution < 1.29 is 9.13 Å². The van der Waals surface area contributed by atoms with Gasteiger partial charge in [0.15, 0.2) is 11.6 Å². The lowest BCUT2D eigenvalue weighted by atomic mass is 10.2. The second-order valence-corrected chi connectivity index (χ2v) is 5.05. The van der Waals surface area contributed by atoms with E-state index in [-0.39, 0.29) is 5.82 Å². The van der Waals surface area contributed by atoms with Crippen molar-refractivity contribution in [2.75, 3.05) is 6.61 Å². The summed E-state index contributed by atoms with van der Waals surface area (Å²) < 4.78 is 19.1. The zero-order valence-electron chi connectivity index (χ0n) is 10.5. The Morgan fingerprint density at radius 2 is 2.18 bits per heavy atom. The first-order valence-electron chi connectivity index (χ1n) is 6.30. The maximum Gasteiger partial charge on any atom is 0.165 e. The van der Waals surface area contributed by atoms with Gasteiger partial charge in [-0.3, -0.25) is 0 Å². The Morgan fingerprint density at radius 3 is 2.76 bits per heavy atom. The molecule has 0 atom stereocenters. The van der Waals surface area contributed by atoms with Crippen LogP contribution in [-0.2, 0) is 6.54 Å². The molecule has 0 amide bonds. The minimum atomic E-state index is -0.256. The Hall–Kier alpha value is -1.09. The van der Waals surface area contributed by atoms with Crippen LogP contribution >= 0.6 is 0 Å². The molecule has 1 saturated carbocycles. The van der Waals surface area contributed by atoms with Gasteiger partial charge < -0.3 is 10.1 Å². The van der Waals surface area contributed by atoms with Gasteiger partial charge in [-0.2, -0.15) is 0 Å². The summed E-state index contributed by atoms with van der Waals surface area (Å²) in [5, 5.41) is 3.26. The van der Waals surface area contributed by atoms with Gasteiger partial charge in [0, 0.05) is 12.6 Å². The zero-order chi connectivity index (χ0) is 12.3. The zero-order valence-corrected chi connectivity index (χ0v) is 10.5. The fraction of sp³-hybridized carbons (Fsp3) is 0.571. The topological polar surface area (TPSA) is 21.3 Å². The SMILES string of the molecule is CC(C)NCc1ccc(OCC2CC2)c(F)c1. The molecule has 2 rings (SSSR count). The highest BCUT2D eigenvalue weighted by Crippen LogP contribution is 2.30. The fourth-order valence-corrected chi connectivity index (χ4v) is 1.59. The molecule has 3 heteroatoms. The monoisotopic (exact) mass is 237 g/mol. The molecule has 0 unspecified atom stereocenters. The predicted molar refractivity (Wildman–Crippen MR) is 66.6 cm³/mol. The van der Waals surface area contributed by atoms with Gasteiger partial charge in [0.2, 0.25) is 0 Å². The molecule has 1 aliphatic rings. The van der Waals surface area contributed by atoms with Crippen LogP contribution in [0.2, 0.25) is 0 Å². The molecule has 1 fully saturated rings. The average molecular weight is 237 g/mol. The third kappa shape index (κ3) is 4.00. The van der Waals surface area contributed by atoms with Gasteiger partial charge in [-0.25, -0.2) is 4.39 Å². The van der Waals surface area contributed by atoms with Crippen LogP contribution in [0.5, 0.6) is 5.75 Å². The predicted octanol–water partition coefficient (Wildman–Crippen LogP) is 3.11. The summed E-state index contributed by atoms with van der Waals surface area (Å²) in [6.07, 6.45) is 2.44. The third-order valence-corrected chi connectivity index (χ3v) is 2.88. The smallest absolute Gasteiger partial charge is 0.165 e. The van der Waals surface area contributed by atoms with E-state index in [0.717, 1.165) is 5.56 Å². The summed E-state index contributed by atoms with van der Waals surface area (Å²) >= 11 is 0. The fourth-order valence-electron chi connectivity index (χ4n) is 1.59. The molecule has 0 spiro atoms. The lowest BCUT2D eigenvalue weighted by Crippen LogP contribution is -2.21. The number of hydrogen-bond donors (Lipinski definition) is 1. The van der Waals surface area contributed by atoms with E-state index in [1.807, 2.05) is 6.07 Å². The standard InChI is InChI=1S/C14H20FNO/c1-10(2)16-8-12-5-6-14(13(15)7-12)17-9-11-3-4-11/h5-7,10-11,16H,3-4,8-9H2,1-2H3. The number of halogens is 1. The van der Waals surface area contributed by atoms with Gasteiger partial charge in [0.1, 0.15) is 0 Å². The summed E-state index contributed by atoms with van der Waals surface area (Å²) in [7, 11) is 0. The summed E-state index contributed by atoms with van der Waals surface area (Å²) in [5.74, 6) is 0.774. The molecule has 0 saturated heterocycles. The number of hydrogen-bond acceptors (Lipinski definition) is 2. The van der Waals surface area contributed by atoms with E-state index in [9.17, 15) is 4.39 Å². The van der Waals surface area contributed by atoms with E-state index >= 15 is 0 Å². The molecule has 0 heterocycles. The largest absolute Gasteiger partial charge is 0.490 e. The third-order valence-electron chi connectivity index (χ3n) is 2.88. The van der Waals surface area contributed by atoms with Gasteiger partial charge in [-0.1, -0.05) is 19.9 Å². The van der Waals surface area contributed by atoms with Crippen molar-refractivity contribution in [2.45, 2.75) is 39.3 Å². The highest BCUT2D eigenvalue weighted by Gasteiger charge is 2.22. The quantitative estimate of drug-likeness (QED) is 0.820. The Balaban J connectivity index is 1.90. The van der Waals surface area contributed by atoms with Crippen LogP contribution in [0.3, 0.4) is 0 Å². The molecule has 1 aromatic carbocycles. The summed E-state index contributed by atoms with van der Waals surface area (Å²) in [5.41, 5.74) is 0.954. The van der Waals surface area contributed by atoms with Crippen LogP contribution in [-0.4, -0.2) is 12.6 Å². The van der Waals surface area contributed by atoms with Crippen LogP contribution in [0.4, 0.5) is 4.39 Å².